The van der Waals surface area contributed by atoms with E-state index < -0.39 is 5.97 Å². The van der Waals surface area contributed by atoms with E-state index in [4.69, 9.17) is 5.11 Å². The lowest BCUT2D eigenvalue weighted by molar-refractivity contribution is -0.137. The molecular formula is C11H16N4O2. The van der Waals surface area contributed by atoms with Gasteiger partial charge in [-0.15, -0.1) is 5.10 Å². The van der Waals surface area contributed by atoms with Gasteiger partial charge in [-0.3, -0.25) is 4.79 Å². The summed E-state index contributed by atoms with van der Waals surface area (Å²) >= 11 is 0. The van der Waals surface area contributed by atoms with E-state index in [1.807, 2.05) is 0 Å². The second-order valence-corrected chi connectivity index (χ2v) is 5.04. The quantitative estimate of drug-likeness (QED) is 0.845. The third kappa shape index (κ3) is 1.92. The molecule has 1 aromatic heterocycles. The minimum Gasteiger partial charge on any atom is -0.481 e. The molecule has 6 nitrogen and oxygen atoms in total. The fraction of sp³-hybridized carbons (Fsp3) is 0.818. The summed E-state index contributed by atoms with van der Waals surface area (Å²) in [5, 5.41) is 20.4. The van der Waals surface area contributed by atoms with Crippen LogP contribution < -0.4 is 0 Å². The van der Waals surface area contributed by atoms with Crippen molar-refractivity contribution in [2.45, 2.75) is 44.6 Å². The Bertz CT molecular complexity index is 419. The van der Waals surface area contributed by atoms with Gasteiger partial charge >= 0.3 is 5.97 Å². The van der Waals surface area contributed by atoms with Gasteiger partial charge in [0.2, 0.25) is 0 Å². The van der Waals surface area contributed by atoms with Crippen LogP contribution in [0.4, 0.5) is 0 Å². The van der Waals surface area contributed by atoms with Crippen molar-refractivity contribution >= 4 is 5.97 Å². The summed E-state index contributed by atoms with van der Waals surface area (Å²) in [4.78, 5) is 10.6. The molecule has 0 aliphatic heterocycles. The van der Waals surface area contributed by atoms with Gasteiger partial charge in [-0.05, 0) is 35.1 Å². The minimum atomic E-state index is -0.806. The number of nitrogens with zero attached hydrogens (tertiary/aromatic N) is 4. The van der Waals surface area contributed by atoms with Gasteiger partial charge in [0.1, 0.15) is 0 Å². The molecule has 0 radical (unpaired) electrons. The first-order valence-corrected chi connectivity index (χ1v) is 6.25. The zero-order valence-electron chi connectivity index (χ0n) is 9.62. The highest BCUT2D eigenvalue weighted by atomic mass is 16.4. The Morgan fingerprint density at radius 1 is 1.35 bits per heavy atom. The molecule has 2 atom stereocenters. The van der Waals surface area contributed by atoms with Crippen molar-refractivity contribution in [1.29, 1.82) is 0 Å². The SMILES string of the molecule is O=C(O)CCn1nnnc1C1C2CCCCC21. The lowest BCUT2D eigenvalue weighted by Gasteiger charge is -2.04. The van der Waals surface area contributed by atoms with Gasteiger partial charge < -0.3 is 5.11 Å². The first-order valence-electron chi connectivity index (χ1n) is 6.25. The maximum Gasteiger partial charge on any atom is 0.305 e. The summed E-state index contributed by atoms with van der Waals surface area (Å²) in [6, 6.07) is 0. The third-order valence-corrected chi connectivity index (χ3v) is 4.05. The van der Waals surface area contributed by atoms with Crippen LogP contribution in [-0.4, -0.2) is 31.3 Å². The monoisotopic (exact) mass is 236 g/mol. The Morgan fingerprint density at radius 3 is 2.71 bits per heavy atom. The molecule has 0 bridgehead atoms. The summed E-state index contributed by atoms with van der Waals surface area (Å²) in [5.41, 5.74) is 0. The lowest BCUT2D eigenvalue weighted by Crippen LogP contribution is -2.09. The number of hydrogen-bond donors (Lipinski definition) is 1. The Hall–Kier alpha value is -1.46. The van der Waals surface area contributed by atoms with Crippen LogP contribution in [0.2, 0.25) is 0 Å². The molecule has 0 amide bonds. The van der Waals surface area contributed by atoms with Gasteiger partial charge in [0.15, 0.2) is 5.82 Å². The number of aliphatic carboxylic acids is 1. The van der Waals surface area contributed by atoms with Gasteiger partial charge in [-0.25, -0.2) is 4.68 Å². The standard InChI is InChI=1S/C11H16N4O2/c16-9(17)5-6-15-11(12-13-14-15)10-7-3-1-2-4-8(7)10/h7-8,10H,1-6H2,(H,16,17). The van der Waals surface area contributed by atoms with Crippen LogP contribution in [0.1, 0.15) is 43.8 Å². The van der Waals surface area contributed by atoms with Crippen LogP contribution in [0.15, 0.2) is 0 Å². The number of aromatic nitrogens is 4. The van der Waals surface area contributed by atoms with Crippen LogP contribution in [0, 0.1) is 11.8 Å². The summed E-state index contributed by atoms with van der Waals surface area (Å²) in [7, 11) is 0. The largest absolute Gasteiger partial charge is 0.481 e. The van der Waals surface area contributed by atoms with E-state index in [1.165, 1.54) is 25.7 Å². The molecule has 2 saturated carbocycles. The predicted molar refractivity (Wildman–Crippen MR) is 58.3 cm³/mol. The number of carboxylic acid groups (broad SMARTS) is 1. The van der Waals surface area contributed by atoms with E-state index in [0.29, 0.717) is 12.5 Å². The Labute approximate surface area is 99.0 Å². The minimum absolute atomic E-state index is 0.0834. The molecular weight excluding hydrogens is 220 g/mol. The van der Waals surface area contributed by atoms with Gasteiger partial charge in [0.25, 0.3) is 0 Å². The first kappa shape index (κ1) is 10.7. The molecule has 1 aromatic rings. The van der Waals surface area contributed by atoms with E-state index in [2.05, 4.69) is 15.5 Å². The average Bonchev–Trinajstić information content (AvgIpc) is 2.86. The molecule has 3 rings (SSSR count). The zero-order chi connectivity index (χ0) is 11.8. The normalized spacial score (nSPS) is 30.9. The lowest BCUT2D eigenvalue weighted by atomic mass is 10.0. The van der Waals surface area contributed by atoms with Gasteiger partial charge in [-0.2, -0.15) is 0 Å². The highest BCUT2D eigenvalue weighted by Gasteiger charge is 2.53. The van der Waals surface area contributed by atoms with Crippen molar-refractivity contribution in [3.63, 3.8) is 0 Å². The summed E-state index contributed by atoms with van der Waals surface area (Å²) < 4.78 is 1.68. The van der Waals surface area contributed by atoms with Crippen molar-refractivity contribution < 1.29 is 9.90 Å². The molecule has 0 spiro atoms. The molecule has 1 N–H and O–H groups in total. The molecule has 2 aliphatic rings. The molecule has 2 aliphatic carbocycles. The number of aryl methyl sites for hydroxylation is 1. The van der Waals surface area contributed by atoms with E-state index >= 15 is 0 Å². The van der Waals surface area contributed by atoms with E-state index in [-0.39, 0.29) is 6.42 Å². The molecule has 1 heterocycles. The first-order chi connectivity index (χ1) is 8.27. The van der Waals surface area contributed by atoms with Crippen LogP contribution >= 0.6 is 0 Å². The molecule has 0 aromatic carbocycles. The second-order valence-electron chi connectivity index (χ2n) is 5.04. The smallest absolute Gasteiger partial charge is 0.305 e. The summed E-state index contributed by atoms with van der Waals surface area (Å²) in [6.45, 7) is 0.383. The number of carboxylic acids is 1. The van der Waals surface area contributed by atoms with Crippen molar-refractivity contribution in [3.05, 3.63) is 5.82 Å². The zero-order valence-corrected chi connectivity index (χ0v) is 9.62. The van der Waals surface area contributed by atoms with Crippen LogP contribution in [0.25, 0.3) is 0 Å². The van der Waals surface area contributed by atoms with Gasteiger partial charge in [0.05, 0.1) is 13.0 Å². The van der Waals surface area contributed by atoms with Crippen molar-refractivity contribution in [3.8, 4) is 0 Å². The Morgan fingerprint density at radius 2 is 2.06 bits per heavy atom. The van der Waals surface area contributed by atoms with Gasteiger partial charge in [-0.1, -0.05) is 12.8 Å². The molecule has 2 fully saturated rings. The summed E-state index contributed by atoms with van der Waals surface area (Å²) in [5.74, 6) is 2.08. The highest BCUT2D eigenvalue weighted by molar-refractivity contribution is 5.66. The predicted octanol–water partition coefficient (Wildman–Crippen LogP) is 1.05. The fourth-order valence-corrected chi connectivity index (χ4v) is 3.19. The number of carbonyl (C=O) groups is 1. The number of fused-ring (bicyclic) bond motifs is 1. The van der Waals surface area contributed by atoms with Crippen molar-refractivity contribution in [2.75, 3.05) is 0 Å². The summed E-state index contributed by atoms with van der Waals surface area (Å²) in [6.07, 6.45) is 5.27. The molecule has 0 saturated heterocycles. The fourth-order valence-electron chi connectivity index (χ4n) is 3.19. The maximum absolute atomic E-state index is 10.6. The highest BCUT2D eigenvalue weighted by Crippen LogP contribution is 2.60. The number of rotatable bonds is 4. The van der Waals surface area contributed by atoms with E-state index in [9.17, 15) is 4.79 Å². The maximum atomic E-state index is 10.6. The molecule has 17 heavy (non-hydrogen) atoms. The van der Waals surface area contributed by atoms with Crippen molar-refractivity contribution in [2.24, 2.45) is 11.8 Å². The number of hydrogen-bond acceptors (Lipinski definition) is 4. The average molecular weight is 236 g/mol. The molecule has 2 unspecified atom stereocenters. The number of tetrazole rings is 1. The van der Waals surface area contributed by atoms with E-state index in [1.54, 1.807) is 4.68 Å². The second kappa shape index (κ2) is 4.09. The third-order valence-electron chi connectivity index (χ3n) is 4.05. The van der Waals surface area contributed by atoms with Crippen LogP contribution in [-0.2, 0) is 11.3 Å². The Kier molecular flexibility index (Phi) is 2.57. The van der Waals surface area contributed by atoms with Crippen molar-refractivity contribution in [1.82, 2.24) is 20.2 Å². The van der Waals surface area contributed by atoms with Gasteiger partial charge in [0, 0.05) is 5.92 Å². The Balaban J connectivity index is 1.71. The van der Waals surface area contributed by atoms with Crippen LogP contribution in [0.3, 0.4) is 0 Å². The molecule has 6 heteroatoms. The topological polar surface area (TPSA) is 80.9 Å². The molecule has 92 valence electrons. The van der Waals surface area contributed by atoms with E-state index in [0.717, 1.165) is 17.7 Å². The van der Waals surface area contributed by atoms with Crippen LogP contribution in [0.5, 0.6) is 0 Å².